The van der Waals surface area contributed by atoms with Crippen LogP contribution in [0.3, 0.4) is 0 Å². The fraction of sp³-hybridized carbons (Fsp3) is 0.733. The van der Waals surface area contributed by atoms with Crippen LogP contribution >= 0.6 is 0 Å². The van der Waals surface area contributed by atoms with Crippen LogP contribution in [0.2, 0.25) is 0 Å². The second-order valence-corrected chi connectivity index (χ2v) is 5.75. The second-order valence-electron chi connectivity index (χ2n) is 5.75. The van der Waals surface area contributed by atoms with Crippen molar-refractivity contribution in [1.82, 2.24) is 10.1 Å². The Balaban J connectivity index is 1.87. The molecule has 0 unspecified atom stereocenters. The van der Waals surface area contributed by atoms with Crippen molar-refractivity contribution < 1.29 is 14.1 Å². The van der Waals surface area contributed by atoms with E-state index in [1.54, 1.807) is 6.07 Å². The van der Waals surface area contributed by atoms with E-state index in [-0.39, 0.29) is 11.8 Å². The summed E-state index contributed by atoms with van der Waals surface area (Å²) in [6.45, 7) is 9.22. The zero-order valence-corrected chi connectivity index (χ0v) is 12.6. The van der Waals surface area contributed by atoms with Crippen LogP contribution < -0.4 is 0 Å². The van der Waals surface area contributed by atoms with Crippen molar-refractivity contribution in [3.8, 4) is 0 Å². The number of aromatic nitrogens is 1. The summed E-state index contributed by atoms with van der Waals surface area (Å²) in [5.74, 6) is 1.42. The Bertz CT molecular complexity index is 442. The quantitative estimate of drug-likeness (QED) is 0.752. The Labute approximate surface area is 120 Å². The number of rotatable bonds is 6. The molecule has 1 atom stereocenters. The van der Waals surface area contributed by atoms with Gasteiger partial charge in [-0.2, -0.15) is 0 Å². The first-order chi connectivity index (χ1) is 9.61. The minimum atomic E-state index is -0.0290. The number of carbonyl (C=O) groups is 1. The van der Waals surface area contributed by atoms with Crippen molar-refractivity contribution in [3.63, 3.8) is 0 Å². The zero-order chi connectivity index (χ0) is 14.5. The molecular weight excluding hydrogens is 256 g/mol. The lowest BCUT2D eigenvalue weighted by Gasteiger charge is -2.14. The molecule has 0 radical (unpaired) electrons. The van der Waals surface area contributed by atoms with E-state index < -0.39 is 0 Å². The number of ether oxygens (including phenoxy) is 1. The Morgan fingerprint density at radius 1 is 1.60 bits per heavy atom. The van der Waals surface area contributed by atoms with Crippen LogP contribution in [0, 0.1) is 5.92 Å². The summed E-state index contributed by atoms with van der Waals surface area (Å²) < 4.78 is 10.8. The van der Waals surface area contributed by atoms with E-state index in [9.17, 15) is 4.79 Å². The van der Waals surface area contributed by atoms with Gasteiger partial charge < -0.3 is 14.2 Å². The lowest BCUT2D eigenvalue weighted by Crippen LogP contribution is -2.29. The lowest BCUT2D eigenvalue weighted by molar-refractivity contribution is 0.0745. The molecule has 0 bridgehead atoms. The number of hydrogen-bond acceptors (Lipinski definition) is 4. The van der Waals surface area contributed by atoms with Crippen LogP contribution in [0.15, 0.2) is 10.6 Å². The van der Waals surface area contributed by atoms with Crippen LogP contribution in [0.5, 0.6) is 0 Å². The van der Waals surface area contributed by atoms with Crippen LogP contribution in [0.4, 0.5) is 0 Å². The van der Waals surface area contributed by atoms with Gasteiger partial charge in [-0.15, -0.1) is 0 Å². The average Bonchev–Trinajstić information content (AvgIpc) is 3.07. The number of likely N-dealkylation sites (tertiary alicyclic amines) is 1. The van der Waals surface area contributed by atoms with Crippen molar-refractivity contribution in [2.45, 2.75) is 39.5 Å². The molecule has 0 spiro atoms. The van der Waals surface area contributed by atoms with Crippen LogP contribution in [-0.4, -0.2) is 42.3 Å². The third-order valence-electron chi connectivity index (χ3n) is 3.59. The molecule has 1 fully saturated rings. The first kappa shape index (κ1) is 15.0. The summed E-state index contributed by atoms with van der Waals surface area (Å²) in [5, 5.41) is 3.88. The van der Waals surface area contributed by atoms with Crippen molar-refractivity contribution >= 4 is 5.91 Å². The van der Waals surface area contributed by atoms with Gasteiger partial charge in [-0.1, -0.05) is 25.9 Å². The summed E-state index contributed by atoms with van der Waals surface area (Å²) in [5.41, 5.74) is 0.420. The minimum absolute atomic E-state index is 0.0290. The summed E-state index contributed by atoms with van der Waals surface area (Å²) in [6, 6.07) is 1.76. The topological polar surface area (TPSA) is 55.6 Å². The fourth-order valence-corrected chi connectivity index (χ4v) is 2.37. The van der Waals surface area contributed by atoms with Gasteiger partial charge in [-0.3, -0.25) is 4.79 Å². The van der Waals surface area contributed by atoms with E-state index in [0.29, 0.717) is 11.6 Å². The third kappa shape index (κ3) is 3.60. The molecule has 1 aliphatic rings. The molecule has 5 nitrogen and oxygen atoms in total. The highest BCUT2D eigenvalue weighted by Crippen LogP contribution is 2.21. The summed E-state index contributed by atoms with van der Waals surface area (Å²) >= 11 is 0. The van der Waals surface area contributed by atoms with Gasteiger partial charge in [0.25, 0.3) is 5.91 Å². The number of amides is 1. The molecule has 1 aromatic rings. The van der Waals surface area contributed by atoms with E-state index >= 15 is 0 Å². The SMILES string of the molecule is CCCOC[C@@H]1CCN(C(=O)c2cc(C(C)C)on2)C1. The zero-order valence-electron chi connectivity index (χ0n) is 12.6. The van der Waals surface area contributed by atoms with Gasteiger partial charge in [0.15, 0.2) is 5.69 Å². The van der Waals surface area contributed by atoms with Gasteiger partial charge in [-0.05, 0) is 12.8 Å². The van der Waals surface area contributed by atoms with Crippen LogP contribution in [0.25, 0.3) is 0 Å². The Hall–Kier alpha value is -1.36. The van der Waals surface area contributed by atoms with Gasteiger partial charge >= 0.3 is 0 Å². The third-order valence-corrected chi connectivity index (χ3v) is 3.59. The minimum Gasteiger partial charge on any atom is -0.381 e. The summed E-state index contributed by atoms with van der Waals surface area (Å²) in [7, 11) is 0. The first-order valence-corrected chi connectivity index (χ1v) is 7.45. The smallest absolute Gasteiger partial charge is 0.276 e. The van der Waals surface area contributed by atoms with Gasteiger partial charge in [0.1, 0.15) is 5.76 Å². The second kappa shape index (κ2) is 6.88. The van der Waals surface area contributed by atoms with Gasteiger partial charge in [0, 0.05) is 37.6 Å². The molecule has 2 rings (SSSR count). The Kier molecular flexibility index (Phi) is 5.17. The maximum atomic E-state index is 12.3. The highest BCUT2D eigenvalue weighted by molar-refractivity contribution is 5.92. The number of hydrogen-bond donors (Lipinski definition) is 0. The van der Waals surface area contributed by atoms with E-state index in [4.69, 9.17) is 9.26 Å². The molecule has 1 aromatic heterocycles. The van der Waals surface area contributed by atoms with Crippen LogP contribution in [0.1, 0.15) is 55.8 Å². The van der Waals surface area contributed by atoms with Crippen molar-refractivity contribution in [2.24, 2.45) is 5.92 Å². The van der Waals surface area contributed by atoms with Gasteiger partial charge in [0.05, 0.1) is 6.61 Å². The molecule has 1 aliphatic heterocycles. The van der Waals surface area contributed by atoms with E-state index in [2.05, 4.69) is 12.1 Å². The predicted molar refractivity (Wildman–Crippen MR) is 75.7 cm³/mol. The summed E-state index contributed by atoms with van der Waals surface area (Å²) in [4.78, 5) is 14.2. The molecule has 0 N–H and O–H groups in total. The first-order valence-electron chi connectivity index (χ1n) is 7.45. The monoisotopic (exact) mass is 280 g/mol. The normalized spacial score (nSPS) is 19.0. The number of carbonyl (C=O) groups excluding carboxylic acids is 1. The Morgan fingerprint density at radius 3 is 3.05 bits per heavy atom. The van der Waals surface area contributed by atoms with E-state index in [0.717, 1.165) is 44.9 Å². The molecule has 112 valence electrons. The maximum absolute atomic E-state index is 12.3. The summed E-state index contributed by atoms with van der Waals surface area (Å²) in [6.07, 6.45) is 2.04. The maximum Gasteiger partial charge on any atom is 0.276 e. The molecule has 1 amide bonds. The van der Waals surface area contributed by atoms with Gasteiger partial charge in [0.2, 0.25) is 0 Å². The highest BCUT2D eigenvalue weighted by Gasteiger charge is 2.28. The van der Waals surface area contributed by atoms with Crippen molar-refractivity contribution in [1.29, 1.82) is 0 Å². The molecule has 1 saturated heterocycles. The standard InChI is InChI=1S/C15H24N2O3/c1-4-7-19-10-12-5-6-17(9-12)15(18)13-8-14(11(2)3)20-16-13/h8,11-12H,4-7,9-10H2,1-3H3/t12-/m1/s1. The van der Waals surface area contributed by atoms with Crippen LogP contribution in [-0.2, 0) is 4.74 Å². The fourth-order valence-electron chi connectivity index (χ4n) is 2.37. The molecule has 0 aromatic carbocycles. The number of nitrogens with zero attached hydrogens (tertiary/aromatic N) is 2. The molecule has 0 saturated carbocycles. The molecule has 5 heteroatoms. The average molecular weight is 280 g/mol. The molecule has 2 heterocycles. The predicted octanol–water partition coefficient (Wildman–Crippen LogP) is 2.69. The molecule has 20 heavy (non-hydrogen) atoms. The van der Waals surface area contributed by atoms with Crippen molar-refractivity contribution in [2.75, 3.05) is 26.3 Å². The molecule has 0 aliphatic carbocycles. The Morgan fingerprint density at radius 2 is 2.40 bits per heavy atom. The largest absolute Gasteiger partial charge is 0.381 e. The van der Waals surface area contributed by atoms with E-state index in [1.807, 2.05) is 18.7 Å². The highest BCUT2D eigenvalue weighted by atomic mass is 16.5. The lowest BCUT2D eigenvalue weighted by atomic mass is 10.1. The molecular formula is C15H24N2O3. The van der Waals surface area contributed by atoms with Crippen molar-refractivity contribution in [3.05, 3.63) is 17.5 Å². The van der Waals surface area contributed by atoms with Gasteiger partial charge in [-0.25, -0.2) is 0 Å². The van der Waals surface area contributed by atoms with E-state index in [1.165, 1.54) is 0 Å².